The van der Waals surface area contributed by atoms with Gasteiger partial charge in [-0.15, -0.1) is 0 Å². The zero-order chi connectivity index (χ0) is 25.9. The number of unbranched alkanes of at least 4 members (excludes halogenated alkanes) is 10. The molecule has 0 heterocycles. The minimum atomic E-state index is 1.01. The molecule has 198 valence electrons. The molecule has 3 aromatic carbocycles. The van der Waals surface area contributed by atoms with Crippen LogP contribution in [0.15, 0.2) is 103 Å². The Hall–Kier alpha value is -2.64. The molecule has 0 saturated carbocycles. The summed E-state index contributed by atoms with van der Waals surface area (Å²) in [6.07, 6.45) is 20.1. The van der Waals surface area contributed by atoms with Gasteiger partial charge in [-0.2, -0.15) is 0 Å². The van der Waals surface area contributed by atoms with Crippen molar-refractivity contribution in [2.45, 2.75) is 97.2 Å². The molecule has 0 aliphatic carbocycles. The van der Waals surface area contributed by atoms with Gasteiger partial charge in [0, 0.05) is 16.7 Å². The monoisotopic (exact) mass is 496 g/mol. The van der Waals surface area contributed by atoms with E-state index in [4.69, 9.17) is 0 Å². The minimum absolute atomic E-state index is 1.01. The number of quaternary nitrogens is 1. The summed E-state index contributed by atoms with van der Waals surface area (Å²) < 4.78 is 1.01. The number of rotatable bonds is 19. The molecule has 0 amide bonds. The molecule has 1 nitrogen and oxygen atoms in total. The van der Waals surface area contributed by atoms with E-state index in [9.17, 15) is 0 Å². The molecule has 0 N–H and O–H groups in total. The largest absolute Gasteiger partial charge is 0.309 e. The molecule has 0 bridgehead atoms. The van der Waals surface area contributed by atoms with E-state index >= 15 is 0 Å². The normalized spacial score (nSPS) is 11.8. The Kier molecular flexibility index (Phi) is 13.9. The molecule has 37 heavy (non-hydrogen) atoms. The highest BCUT2D eigenvalue weighted by Crippen LogP contribution is 2.24. The summed E-state index contributed by atoms with van der Waals surface area (Å²) in [7, 11) is 0. The maximum atomic E-state index is 2.47. The molecule has 0 spiro atoms. The molecule has 0 atom stereocenters. The Labute approximate surface area is 227 Å². The minimum Gasteiger partial charge on any atom is -0.309 e. The third kappa shape index (κ3) is 12.0. The third-order valence-corrected chi connectivity index (χ3v) is 7.47. The summed E-state index contributed by atoms with van der Waals surface area (Å²) in [4.78, 5) is 0. The smallest absolute Gasteiger partial charge is 0.105 e. The number of benzene rings is 3. The Morgan fingerprint density at radius 2 is 0.838 bits per heavy atom. The molecular weight excluding hydrogens is 446 g/mol. The number of hydrogen-bond donors (Lipinski definition) is 0. The lowest BCUT2D eigenvalue weighted by Crippen LogP contribution is -2.46. The topological polar surface area (TPSA) is 0 Å². The van der Waals surface area contributed by atoms with Crippen LogP contribution in [-0.4, -0.2) is 11.0 Å². The van der Waals surface area contributed by atoms with Crippen molar-refractivity contribution in [2.75, 3.05) is 6.54 Å². The van der Waals surface area contributed by atoms with Crippen LogP contribution in [0.2, 0.25) is 0 Å². The van der Waals surface area contributed by atoms with Crippen LogP contribution in [0.25, 0.3) is 0 Å². The van der Waals surface area contributed by atoms with Crippen molar-refractivity contribution in [1.29, 1.82) is 0 Å². The summed E-state index contributed by atoms with van der Waals surface area (Å²) in [5.74, 6) is 0. The van der Waals surface area contributed by atoms with Crippen LogP contribution in [0.5, 0.6) is 0 Å². The van der Waals surface area contributed by atoms with Gasteiger partial charge in [0.2, 0.25) is 0 Å². The summed E-state index contributed by atoms with van der Waals surface area (Å²) in [6, 6.07) is 33.2. The molecule has 0 aliphatic heterocycles. The summed E-state index contributed by atoms with van der Waals surface area (Å²) in [6.45, 7) is 6.45. The first kappa shape index (κ1) is 28.9. The molecule has 0 saturated heterocycles. The summed E-state index contributed by atoms with van der Waals surface area (Å²) in [5, 5.41) is 0. The Bertz CT molecular complexity index is 860. The fourth-order valence-electron chi connectivity index (χ4n) is 5.44. The summed E-state index contributed by atoms with van der Waals surface area (Å²) >= 11 is 0. The van der Waals surface area contributed by atoms with Crippen LogP contribution in [0, 0.1) is 0 Å². The van der Waals surface area contributed by atoms with Crippen LogP contribution < -0.4 is 0 Å². The average Bonchev–Trinajstić information content (AvgIpc) is 2.93. The number of nitrogens with zero attached hydrogens (tertiary/aromatic N) is 1. The fourth-order valence-corrected chi connectivity index (χ4v) is 5.44. The van der Waals surface area contributed by atoms with Crippen molar-refractivity contribution in [3.63, 3.8) is 0 Å². The lowest BCUT2D eigenvalue weighted by atomic mass is 10.1. The van der Waals surface area contributed by atoms with E-state index in [0.717, 1.165) is 30.7 Å². The lowest BCUT2D eigenvalue weighted by molar-refractivity contribution is -0.961. The maximum absolute atomic E-state index is 2.47. The first-order valence-electron chi connectivity index (χ1n) is 14.9. The van der Waals surface area contributed by atoms with Crippen LogP contribution >= 0.6 is 0 Å². The molecule has 3 aromatic rings. The second-order valence-corrected chi connectivity index (χ2v) is 10.9. The van der Waals surface area contributed by atoms with Crippen LogP contribution in [-0.2, 0) is 19.6 Å². The molecule has 0 fully saturated rings. The van der Waals surface area contributed by atoms with Crippen LogP contribution in [0.4, 0.5) is 0 Å². The van der Waals surface area contributed by atoms with Gasteiger partial charge in [0.1, 0.15) is 19.6 Å². The van der Waals surface area contributed by atoms with Gasteiger partial charge in [0.05, 0.1) is 6.54 Å². The third-order valence-electron chi connectivity index (χ3n) is 7.47. The molecule has 1 heteroatoms. The van der Waals surface area contributed by atoms with E-state index in [2.05, 4.69) is 110 Å². The second-order valence-electron chi connectivity index (χ2n) is 10.9. The van der Waals surface area contributed by atoms with Crippen molar-refractivity contribution < 1.29 is 4.48 Å². The van der Waals surface area contributed by atoms with Gasteiger partial charge in [-0.05, 0) is 18.9 Å². The van der Waals surface area contributed by atoms with E-state index in [-0.39, 0.29) is 0 Å². The highest BCUT2D eigenvalue weighted by Gasteiger charge is 2.27. The predicted molar refractivity (Wildman–Crippen MR) is 161 cm³/mol. The van der Waals surface area contributed by atoms with Gasteiger partial charge >= 0.3 is 0 Å². The number of allylic oxidation sites excluding steroid dienone is 1. The van der Waals surface area contributed by atoms with Gasteiger partial charge < -0.3 is 4.48 Å². The van der Waals surface area contributed by atoms with Gasteiger partial charge in [0.25, 0.3) is 0 Å². The quantitative estimate of drug-likeness (QED) is 0.0879. The van der Waals surface area contributed by atoms with Crippen molar-refractivity contribution in [3.05, 3.63) is 120 Å². The molecule has 0 aliphatic rings. The Morgan fingerprint density at radius 3 is 1.24 bits per heavy atom. The van der Waals surface area contributed by atoms with E-state index in [0.29, 0.717) is 0 Å². The zero-order valence-electron chi connectivity index (χ0n) is 23.4. The van der Waals surface area contributed by atoms with Crippen LogP contribution in [0.3, 0.4) is 0 Å². The SMILES string of the molecule is CCCCCCCCCCCC/C=C/C[N+](Cc1ccccc1)(Cc1ccccc1)Cc1ccccc1. The van der Waals surface area contributed by atoms with Crippen molar-refractivity contribution >= 4 is 0 Å². The molecule has 0 aromatic heterocycles. The van der Waals surface area contributed by atoms with Gasteiger partial charge in [0.15, 0.2) is 0 Å². The van der Waals surface area contributed by atoms with E-state index in [1.54, 1.807) is 0 Å². The summed E-state index contributed by atoms with van der Waals surface area (Å²) in [5.41, 5.74) is 4.24. The average molecular weight is 497 g/mol. The Balaban J connectivity index is 1.57. The van der Waals surface area contributed by atoms with Crippen molar-refractivity contribution in [2.24, 2.45) is 0 Å². The Morgan fingerprint density at radius 1 is 0.459 bits per heavy atom. The fraction of sp³-hybridized carbons (Fsp3) is 0.444. The molecule has 0 unspecified atom stereocenters. The van der Waals surface area contributed by atoms with E-state index in [1.807, 2.05) is 0 Å². The molecule has 0 radical (unpaired) electrons. The van der Waals surface area contributed by atoms with E-state index < -0.39 is 0 Å². The second kappa shape index (κ2) is 17.8. The first-order chi connectivity index (χ1) is 18.3. The highest BCUT2D eigenvalue weighted by molar-refractivity contribution is 5.17. The van der Waals surface area contributed by atoms with Crippen LogP contribution in [0.1, 0.15) is 94.2 Å². The first-order valence-corrected chi connectivity index (χ1v) is 14.9. The zero-order valence-corrected chi connectivity index (χ0v) is 23.4. The van der Waals surface area contributed by atoms with Gasteiger partial charge in [-0.1, -0.05) is 162 Å². The predicted octanol–water partition coefficient (Wildman–Crippen LogP) is 10.3. The van der Waals surface area contributed by atoms with Gasteiger partial charge in [-0.25, -0.2) is 0 Å². The lowest BCUT2D eigenvalue weighted by Gasteiger charge is -2.38. The molecule has 3 rings (SSSR count). The van der Waals surface area contributed by atoms with Crippen molar-refractivity contribution in [1.82, 2.24) is 0 Å². The van der Waals surface area contributed by atoms with Crippen molar-refractivity contribution in [3.8, 4) is 0 Å². The highest BCUT2D eigenvalue weighted by atomic mass is 15.3. The maximum Gasteiger partial charge on any atom is 0.105 e. The standard InChI is InChI=1S/C36H50N/c1-2-3-4-5-6-7-8-9-10-11-12-13-23-30-37(31-34-24-17-14-18-25-34,32-35-26-19-15-20-27-35)33-36-28-21-16-22-29-36/h13-29H,2-12,30-33H2,1H3/q+1/b23-13+. The molecular formula is C36H50N+. The number of hydrogen-bond acceptors (Lipinski definition) is 0. The van der Waals surface area contributed by atoms with Gasteiger partial charge in [-0.3, -0.25) is 0 Å². The van der Waals surface area contributed by atoms with E-state index in [1.165, 1.54) is 87.3 Å².